The Bertz CT molecular complexity index is 305. The van der Waals surface area contributed by atoms with Gasteiger partial charge < -0.3 is 31.0 Å². The summed E-state index contributed by atoms with van der Waals surface area (Å²) in [6, 6.07) is 0.864. The molecule has 0 radical (unpaired) electrons. The molecule has 2 unspecified atom stereocenters. The molecule has 0 spiro atoms. The van der Waals surface area contributed by atoms with Crippen LogP contribution in [-0.2, 0) is 4.43 Å². The lowest BCUT2D eigenvalue weighted by Gasteiger charge is -2.44. The van der Waals surface area contributed by atoms with Crippen molar-refractivity contribution in [1.82, 2.24) is 4.90 Å². The number of nitrogens with two attached hydrogens (primary N) is 2. The predicted octanol–water partition coefficient (Wildman–Crippen LogP) is 0.225. The van der Waals surface area contributed by atoms with E-state index in [2.05, 4.69) is 11.4 Å². The van der Waals surface area contributed by atoms with Crippen LogP contribution in [0.2, 0.25) is 12.6 Å². The Morgan fingerprint density at radius 1 is 1.19 bits per heavy atom. The van der Waals surface area contributed by atoms with Crippen molar-refractivity contribution in [3.63, 3.8) is 0 Å². The van der Waals surface area contributed by atoms with Gasteiger partial charge >= 0.3 is 0 Å². The summed E-state index contributed by atoms with van der Waals surface area (Å²) in [6.07, 6.45) is -0.0955. The van der Waals surface area contributed by atoms with Crippen molar-refractivity contribution in [3.05, 3.63) is 0 Å². The van der Waals surface area contributed by atoms with E-state index in [0.29, 0.717) is 6.42 Å². The summed E-state index contributed by atoms with van der Waals surface area (Å²) in [4.78, 5) is 2.13. The van der Waals surface area contributed by atoms with E-state index >= 15 is 0 Å². The van der Waals surface area contributed by atoms with E-state index in [4.69, 9.17) is 21.0 Å². The summed E-state index contributed by atoms with van der Waals surface area (Å²) in [5, 5.41) is 17.8. The fraction of sp³-hybridized carbons (Fsp3) is 1.00. The maximum atomic E-state index is 9.39. The van der Waals surface area contributed by atoms with Crippen molar-refractivity contribution in [1.29, 1.82) is 0 Å². The number of hydrogen-bond acceptors (Lipinski definition) is 6. The van der Waals surface area contributed by atoms with Gasteiger partial charge in [0.05, 0.1) is 18.4 Å². The molecule has 0 aliphatic rings. The second-order valence-electron chi connectivity index (χ2n) is 7.34. The molecule has 0 fully saturated rings. The standard InChI is InChI=1S/C14H35N3O3Si/c1-13(2,15)20-21(6,14(3,4)16)10-9-17(5)8-7-12(19)11-18/h12,18-19H,7-11,15-16H2,1-6H3. The third kappa shape index (κ3) is 8.25. The molecule has 0 amide bonds. The minimum absolute atomic E-state index is 0.194. The number of aliphatic hydroxyl groups is 2. The van der Waals surface area contributed by atoms with Gasteiger partial charge in [0.15, 0.2) is 0 Å². The molecule has 7 heteroatoms. The Labute approximate surface area is 130 Å². The van der Waals surface area contributed by atoms with Gasteiger partial charge in [0.1, 0.15) is 0 Å². The Balaban J connectivity index is 4.57. The molecule has 0 aliphatic heterocycles. The van der Waals surface area contributed by atoms with Crippen LogP contribution in [0.3, 0.4) is 0 Å². The number of hydrogen-bond donors (Lipinski definition) is 4. The molecule has 0 bridgehead atoms. The van der Waals surface area contributed by atoms with Crippen LogP contribution in [0, 0.1) is 0 Å². The first-order valence-electron chi connectivity index (χ1n) is 7.56. The van der Waals surface area contributed by atoms with E-state index in [-0.39, 0.29) is 6.61 Å². The summed E-state index contributed by atoms with van der Waals surface area (Å²) >= 11 is 0. The summed E-state index contributed by atoms with van der Waals surface area (Å²) in [7, 11) is -0.218. The van der Waals surface area contributed by atoms with Gasteiger partial charge in [-0.1, -0.05) is 0 Å². The normalized spacial score (nSPS) is 17.9. The first-order chi connectivity index (χ1) is 9.31. The van der Waals surface area contributed by atoms with Crippen molar-refractivity contribution >= 4 is 8.32 Å². The SMILES string of the molecule is CN(CCC(O)CO)CC[Si](C)(OC(C)(C)N)C(C)(C)N. The van der Waals surface area contributed by atoms with Gasteiger partial charge in [0.25, 0.3) is 0 Å². The molecular weight excluding hydrogens is 286 g/mol. The zero-order chi connectivity index (χ0) is 16.9. The van der Waals surface area contributed by atoms with Crippen molar-refractivity contribution in [2.24, 2.45) is 11.5 Å². The van der Waals surface area contributed by atoms with Crippen LogP contribution in [0.15, 0.2) is 0 Å². The van der Waals surface area contributed by atoms with E-state index in [1.54, 1.807) is 0 Å². The highest BCUT2D eigenvalue weighted by Gasteiger charge is 2.45. The lowest BCUT2D eigenvalue weighted by atomic mass is 10.2. The average Bonchev–Trinajstić information content (AvgIpc) is 2.29. The molecule has 0 aromatic rings. The van der Waals surface area contributed by atoms with Crippen molar-refractivity contribution in [3.8, 4) is 0 Å². The molecule has 0 aliphatic carbocycles. The van der Waals surface area contributed by atoms with E-state index in [9.17, 15) is 5.11 Å². The van der Waals surface area contributed by atoms with E-state index in [0.717, 1.165) is 19.1 Å². The zero-order valence-corrected chi connectivity index (χ0v) is 15.5. The molecule has 0 saturated carbocycles. The molecule has 0 saturated heterocycles. The van der Waals surface area contributed by atoms with Crippen LogP contribution in [0.4, 0.5) is 0 Å². The number of nitrogens with zero attached hydrogens (tertiary/aromatic N) is 1. The van der Waals surface area contributed by atoms with Gasteiger partial charge in [-0.25, -0.2) is 0 Å². The number of rotatable bonds is 10. The topological polar surface area (TPSA) is 105 Å². The average molecular weight is 322 g/mol. The minimum Gasteiger partial charge on any atom is -0.398 e. The van der Waals surface area contributed by atoms with Crippen molar-refractivity contribution in [2.75, 3.05) is 26.7 Å². The van der Waals surface area contributed by atoms with Crippen LogP contribution in [-0.4, -0.2) is 67.2 Å². The van der Waals surface area contributed by atoms with E-state index < -0.39 is 25.3 Å². The fourth-order valence-corrected chi connectivity index (χ4v) is 5.04. The highest BCUT2D eigenvalue weighted by Crippen LogP contribution is 2.27. The van der Waals surface area contributed by atoms with Crippen LogP contribution in [0.1, 0.15) is 34.1 Å². The Morgan fingerprint density at radius 3 is 2.10 bits per heavy atom. The summed E-state index contributed by atoms with van der Waals surface area (Å²) in [6.45, 7) is 11.2. The quantitative estimate of drug-likeness (QED) is 0.339. The van der Waals surface area contributed by atoms with Crippen LogP contribution >= 0.6 is 0 Å². The highest BCUT2D eigenvalue weighted by atomic mass is 28.4. The zero-order valence-electron chi connectivity index (χ0n) is 14.5. The summed E-state index contributed by atoms with van der Waals surface area (Å²) < 4.78 is 6.16. The molecule has 2 atom stereocenters. The van der Waals surface area contributed by atoms with Gasteiger partial charge in [0, 0.05) is 11.7 Å². The summed E-state index contributed by atoms with van der Waals surface area (Å²) in [5.74, 6) is 0. The molecule has 0 heterocycles. The fourth-order valence-electron chi connectivity index (χ4n) is 2.06. The molecule has 0 rings (SSSR count). The highest BCUT2D eigenvalue weighted by molar-refractivity contribution is 6.75. The van der Waals surface area contributed by atoms with Gasteiger partial charge in [0.2, 0.25) is 8.32 Å². The van der Waals surface area contributed by atoms with Crippen molar-refractivity contribution < 1.29 is 14.6 Å². The molecule has 128 valence electrons. The first-order valence-corrected chi connectivity index (χ1v) is 10.2. The molecule has 6 nitrogen and oxygen atoms in total. The molecule has 6 N–H and O–H groups in total. The van der Waals surface area contributed by atoms with E-state index in [1.165, 1.54) is 0 Å². The lowest BCUT2D eigenvalue weighted by Crippen LogP contribution is -2.65. The monoisotopic (exact) mass is 321 g/mol. The second-order valence-corrected chi connectivity index (χ2v) is 11.8. The second kappa shape index (κ2) is 8.01. The third-order valence-corrected chi connectivity index (χ3v) is 8.76. The Morgan fingerprint density at radius 2 is 1.71 bits per heavy atom. The molecule has 0 aromatic heterocycles. The Hall–Kier alpha value is -0.0231. The van der Waals surface area contributed by atoms with Gasteiger partial charge in [-0.3, -0.25) is 0 Å². The number of aliphatic hydroxyl groups excluding tert-OH is 2. The molecular formula is C14H35N3O3Si. The van der Waals surface area contributed by atoms with Crippen molar-refractivity contribution in [2.45, 2.75) is 63.7 Å². The molecule has 0 aromatic carbocycles. The first kappa shape index (κ1) is 21.0. The van der Waals surface area contributed by atoms with Crippen LogP contribution < -0.4 is 11.5 Å². The third-order valence-electron chi connectivity index (χ3n) is 3.88. The van der Waals surface area contributed by atoms with Gasteiger partial charge in [-0.15, -0.1) is 0 Å². The molecule has 21 heavy (non-hydrogen) atoms. The van der Waals surface area contributed by atoms with Gasteiger partial charge in [-0.05, 0) is 60.3 Å². The smallest absolute Gasteiger partial charge is 0.212 e. The predicted molar refractivity (Wildman–Crippen MR) is 89.2 cm³/mol. The van der Waals surface area contributed by atoms with Crippen LogP contribution in [0.25, 0.3) is 0 Å². The summed E-state index contributed by atoms with van der Waals surface area (Å²) in [5.41, 5.74) is 11.7. The largest absolute Gasteiger partial charge is 0.398 e. The Kier molecular flexibility index (Phi) is 8.00. The minimum atomic E-state index is -2.21. The van der Waals surface area contributed by atoms with Crippen LogP contribution in [0.5, 0.6) is 0 Å². The maximum absolute atomic E-state index is 9.39. The lowest BCUT2D eigenvalue weighted by molar-refractivity contribution is 0.0791. The van der Waals surface area contributed by atoms with E-state index in [1.807, 2.05) is 34.7 Å². The maximum Gasteiger partial charge on any atom is 0.212 e. The van der Waals surface area contributed by atoms with Gasteiger partial charge in [-0.2, -0.15) is 0 Å².